The predicted octanol–water partition coefficient (Wildman–Crippen LogP) is 14.1. The molecule has 0 atom stereocenters. The normalized spacial score (nSPS) is 11.4. The number of aromatic nitrogens is 4. The SMILES string of the molecule is c1ccc(-c2ccc3c4ccccc4n(-c4ccc(-c5ccccc5-c5nc(-c6ccccc6)nc(-c6ccc(-c7ccc8ccccc8c7)cc6)n5)cc4)c3c2)cc1. The third-order valence-electron chi connectivity index (χ3n) is 11.3. The second kappa shape index (κ2) is 14.5. The van der Waals surface area contributed by atoms with E-state index in [0.717, 1.165) is 39.1 Å². The monoisotopic (exact) mass is 752 g/mol. The summed E-state index contributed by atoms with van der Waals surface area (Å²) in [4.78, 5) is 15.3. The molecule has 0 saturated carbocycles. The summed E-state index contributed by atoms with van der Waals surface area (Å²) in [5, 5.41) is 4.93. The molecule has 59 heavy (non-hydrogen) atoms. The molecule has 2 aromatic heterocycles. The first-order chi connectivity index (χ1) is 29.2. The maximum absolute atomic E-state index is 5.16. The van der Waals surface area contributed by atoms with Crippen LogP contribution in [0.4, 0.5) is 0 Å². The highest BCUT2D eigenvalue weighted by atomic mass is 15.0. The zero-order valence-electron chi connectivity index (χ0n) is 32.1. The third kappa shape index (κ3) is 6.34. The van der Waals surface area contributed by atoms with Gasteiger partial charge in [-0.1, -0.05) is 188 Å². The summed E-state index contributed by atoms with van der Waals surface area (Å²) in [6.45, 7) is 0. The van der Waals surface area contributed by atoms with Gasteiger partial charge in [0.15, 0.2) is 17.5 Å². The lowest BCUT2D eigenvalue weighted by molar-refractivity contribution is 1.07. The summed E-state index contributed by atoms with van der Waals surface area (Å²) in [5.74, 6) is 1.89. The summed E-state index contributed by atoms with van der Waals surface area (Å²) in [5.41, 5.74) is 13.1. The molecule has 0 spiro atoms. The van der Waals surface area contributed by atoms with Crippen molar-refractivity contribution in [2.75, 3.05) is 0 Å². The highest BCUT2D eigenvalue weighted by Crippen LogP contribution is 2.37. The van der Waals surface area contributed by atoms with E-state index in [1.54, 1.807) is 0 Å². The highest BCUT2D eigenvalue weighted by Gasteiger charge is 2.17. The Hall–Kier alpha value is -7.95. The highest BCUT2D eigenvalue weighted by molar-refractivity contribution is 6.10. The van der Waals surface area contributed by atoms with E-state index in [1.807, 2.05) is 30.3 Å². The van der Waals surface area contributed by atoms with Crippen molar-refractivity contribution >= 4 is 32.6 Å². The minimum atomic E-state index is 0.628. The number of rotatable bonds is 7. The van der Waals surface area contributed by atoms with Gasteiger partial charge >= 0.3 is 0 Å². The summed E-state index contributed by atoms with van der Waals surface area (Å²) < 4.78 is 2.38. The van der Waals surface area contributed by atoms with E-state index in [0.29, 0.717) is 17.5 Å². The van der Waals surface area contributed by atoms with E-state index < -0.39 is 0 Å². The molecule has 0 radical (unpaired) electrons. The van der Waals surface area contributed by atoms with Crippen molar-refractivity contribution in [3.63, 3.8) is 0 Å². The lowest BCUT2D eigenvalue weighted by atomic mass is 9.98. The summed E-state index contributed by atoms with van der Waals surface area (Å²) in [6, 6.07) is 77.0. The number of fused-ring (bicyclic) bond motifs is 4. The third-order valence-corrected chi connectivity index (χ3v) is 11.3. The molecule has 4 heteroatoms. The van der Waals surface area contributed by atoms with Crippen molar-refractivity contribution in [2.45, 2.75) is 0 Å². The largest absolute Gasteiger partial charge is 0.309 e. The summed E-state index contributed by atoms with van der Waals surface area (Å²) in [7, 11) is 0. The Balaban J connectivity index is 0.990. The van der Waals surface area contributed by atoms with Gasteiger partial charge in [0.1, 0.15) is 0 Å². The Morgan fingerprint density at radius 1 is 0.271 bits per heavy atom. The molecule has 0 unspecified atom stereocenters. The maximum Gasteiger partial charge on any atom is 0.164 e. The molecule has 0 aliphatic rings. The summed E-state index contributed by atoms with van der Waals surface area (Å²) in [6.07, 6.45) is 0. The van der Waals surface area contributed by atoms with E-state index in [4.69, 9.17) is 15.0 Å². The molecule has 0 fully saturated rings. The summed E-state index contributed by atoms with van der Waals surface area (Å²) >= 11 is 0. The molecular formula is C55H36N4. The van der Waals surface area contributed by atoms with Crippen molar-refractivity contribution in [2.24, 2.45) is 0 Å². The van der Waals surface area contributed by atoms with Crippen molar-refractivity contribution in [1.29, 1.82) is 0 Å². The average molecular weight is 753 g/mol. The van der Waals surface area contributed by atoms with Crippen molar-refractivity contribution in [1.82, 2.24) is 19.5 Å². The fourth-order valence-electron chi connectivity index (χ4n) is 8.30. The Morgan fingerprint density at radius 3 is 1.53 bits per heavy atom. The van der Waals surface area contributed by atoms with Crippen LogP contribution >= 0.6 is 0 Å². The van der Waals surface area contributed by atoms with Crippen LogP contribution in [0.3, 0.4) is 0 Å². The van der Waals surface area contributed by atoms with Gasteiger partial charge in [0.2, 0.25) is 0 Å². The van der Waals surface area contributed by atoms with Gasteiger partial charge in [0, 0.05) is 33.2 Å². The molecule has 0 bridgehead atoms. The predicted molar refractivity (Wildman–Crippen MR) is 244 cm³/mol. The van der Waals surface area contributed by atoms with Gasteiger partial charge in [-0.25, -0.2) is 15.0 Å². The van der Waals surface area contributed by atoms with Crippen LogP contribution < -0.4 is 0 Å². The molecule has 4 nitrogen and oxygen atoms in total. The van der Waals surface area contributed by atoms with Crippen LogP contribution in [0.25, 0.3) is 106 Å². The smallest absolute Gasteiger partial charge is 0.164 e. The zero-order valence-corrected chi connectivity index (χ0v) is 32.1. The first-order valence-electron chi connectivity index (χ1n) is 19.9. The van der Waals surface area contributed by atoms with Crippen LogP contribution in [-0.4, -0.2) is 19.5 Å². The van der Waals surface area contributed by atoms with Gasteiger partial charge in [-0.15, -0.1) is 0 Å². The zero-order chi connectivity index (χ0) is 39.1. The van der Waals surface area contributed by atoms with E-state index in [-0.39, 0.29) is 0 Å². The average Bonchev–Trinajstić information content (AvgIpc) is 3.65. The second-order valence-corrected chi connectivity index (χ2v) is 14.9. The van der Waals surface area contributed by atoms with Crippen LogP contribution in [0, 0.1) is 0 Å². The molecule has 0 aliphatic carbocycles. The van der Waals surface area contributed by atoms with Crippen LogP contribution in [0.1, 0.15) is 0 Å². The molecule has 0 saturated heterocycles. The number of para-hydroxylation sites is 1. The van der Waals surface area contributed by atoms with E-state index in [9.17, 15) is 0 Å². The van der Waals surface area contributed by atoms with Crippen molar-refractivity contribution < 1.29 is 0 Å². The van der Waals surface area contributed by atoms with E-state index in [1.165, 1.54) is 49.3 Å². The minimum Gasteiger partial charge on any atom is -0.309 e. The number of nitrogens with zero attached hydrogens (tertiary/aromatic N) is 4. The standard InChI is InChI=1S/C55H36N4/c1-3-13-37(14-4-1)45-31-34-49-48-20-11-12-22-51(48)59(52(49)36-45)46-32-29-40(30-33-46)47-19-9-10-21-50(47)55-57-53(41-16-5-2-6-17-41)56-54(58-55)42-26-23-39(24-27-42)44-28-25-38-15-7-8-18-43(38)35-44/h1-36H. The lowest BCUT2D eigenvalue weighted by Crippen LogP contribution is -2.01. The number of hydrogen-bond donors (Lipinski definition) is 0. The van der Waals surface area contributed by atoms with Crippen LogP contribution in [-0.2, 0) is 0 Å². The van der Waals surface area contributed by atoms with Gasteiger partial charge < -0.3 is 4.57 Å². The van der Waals surface area contributed by atoms with Gasteiger partial charge in [-0.05, 0) is 74.5 Å². The van der Waals surface area contributed by atoms with Gasteiger partial charge in [0.25, 0.3) is 0 Å². The first-order valence-corrected chi connectivity index (χ1v) is 19.9. The molecular weight excluding hydrogens is 717 g/mol. The van der Waals surface area contributed by atoms with E-state index in [2.05, 4.69) is 193 Å². The molecule has 11 aromatic rings. The molecule has 0 amide bonds. The number of hydrogen-bond acceptors (Lipinski definition) is 3. The molecule has 9 aromatic carbocycles. The Labute approximate surface area is 342 Å². The van der Waals surface area contributed by atoms with E-state index >= 15 is 0 Å². The Morgan fingerprint density at radius 2 is 0.763 bits per heavy atom. The van der Waals surface area contributed by atoms with Crippen molar-refractivity contribution in [3.05, 3.63) is 218 Å². The van der Waals surface area contributed by atoms with Crippen LogP contribution in [0.15, 0.2) is 218 Å². The Kier molecular flexibility index (Phi) is 8.45. The molecule has 0 aliphatic heterocycles. The quantitative estimate of drug-likeness (QED) is 0.163. The van der Waals surface area contributed by atoms with Crippen LogP contribution in [0.2, 0.25) is 0 Å². The molecule has 0 N–H and O–H groups in total. The number of benzene rings is 9. The van der Waals surface area contributed by atoms with Crippen LogP contribution in [0.5, 0.6) is 0 Å². The first kappa shape index (κ1) is 34.3. The second-order valence-electron chi connectivity index (χ2n) is 14.9. The fourth-order valence-corrected chi connectivity index (χ4v) is 8.30. The minimum absolute atomic E-state index is 0.628. The molecule has 2 heterocycles. The Bertz CT molecular complexity index is 3300. The molecule has 276 valence electrons. The molecule has 11 rings (SSSR count). The lowest BCUT2D eigenvalue weighted by Gasteiger charge is -2.13. The fraction of sp³-hybridized carbons (Fsp3) is 0. The van der Waals surface area contributed by atoms with Crippen molar-refractivity contribution in [3.8, 4) is 73.2 Å². The van der Waals surface area contributed by atoms with Gasteiger partial charge in [-0.3, -0.25) is 0 Å². The maximum atomic E-state index is 5.16. The van der Waals surface area contributed by atoms with Gasteiger partial charge in [0.05, 0.1) is 11.0 Å². The topological polar surface area (TPSA) is 43.6 Å². The van der Waals surface area contributed by atoms with Gasteiger partial charge in [-0.2, -0.15) is 0 Å².